The van der Waals surface area contributed by atoms with Gasteiger partial charge in [0.15, 0.2) is 5.82 Å². The van der Waals surface area contributed by atoms with E-state index in [1.165, 1.54) is 4.88 Å². The monoisotopic (exact) mass is 377 g/mol. The van der Waals surface area contributed by atoms with Crippen molar-refractivity contribution in [2.24, 2.45) is 0 Å². The Morgan fingerprint density at radius 3 is 3.11 bits per heavy atom. The van der Waals surface area contributed by atoms with Crippen molar-refractivity contribution >= 4 is 34.0 Å². The lowest BCUT2D eigenvalue weighted by Crippen LogP contribution is -2.37. The summed E-state index contributed by atoms with van der Waals surface area (Å²) in [5, 5.41) is 13.8. The molecule has 6 nitrogen and oxygen atoms in total. The van der Waals surface area contributed by atoms with Gasteiger partial charge in [-0.3, -0.25) is 9.89 Å². The average molecular weight is 377 g/mol. The molecule has 0 aliphatic carbocycles. The maximum absolute atomic E-state index is 12.8. The maximum Gasteiger partial charge on any atom is 0.252 e. The number of anilines is 1. The van der Waals surface area contributed by atoms with Crippen molar-refractivity contribution in [2.45, 2.75) is 12.5 Å². The van der Waals surface area contributed by atoms with Gasteiger partial charge in [0.25, 0.3) is 5.91 Å². The highest BCUT2D eigenvalue weighted by molar-refractivity contribution is 7.13. The van der Waals surface area contributed by atoms with Gasteiger partial charge in [-0.2, -0.15) is 5.10 Å². The van der Waals surface area contributed by atoms with Crippen molar-refractivity contribution in [3.8, 4) is 10.6 Å². The van der Waals surface area contributed by atoms with E-state index in [2.05, 4.69) is 42.9 Å². The molecule has 4 aromatic rings. The molecule has 0 spiro atoms. The minimum absolute atomic E-state index is 0.0200. The average Bonchev–Trinajstić information content (AvgIpc) is 3.47. The molecular weight excluding hydrogens is 358 g/mol. The zero-order valence-corrected chi connectivity index (χ0v) is 15.4. The number of carbonyl (C=O) groups excluding carboxylic acids is 1. The van der Waals surface area contributed by atoms with Crippen LogP contribution in [0.1, 0.15) is 16.8 Å². The van der Waals surface area contributed by atoms with Crippen molar-refractivity contribution in [3.05, 3.63) is 59.6 Å². The number of hydrogen-bond donors (Lipinski definition) is 3. The Balaban J connectivity index is 1.27. The van der Waals surface area contributed by atoms with E-state index in [-0.39, 0.29) is 11.9 Å². The fourth-order valence-electron chi connectivity index (χ4n) is 3.66. The molecule has 3 aromatic heterocycles. The quantitative estimate of drug-likeness (QED) is 0.508. The summed E-state index contributed by atoms with van der Waals surface area (Å²) in [7, 11) is 0. The third-order valence-corrected chi connectivity index (χ3v) is 5.94. The maximum atomic E-state index is 12.8. The Morgan fingerprint density at radius 2 is 2.22 bits per heavy atom. The van der Waals surface area contributed by atoms with Crippen LogP contribution in [0, 0.1) is 0 Å². The van der Waals surface area contributed by atoms with Crippen LogP contribution in [0.5, 0.6) is 0 Å². The fraction of sp³-hybridized carbons (Fsp3) is 0.200. The van der Waals surface area contributed by atoms with E-state index >= 15 is 0 Å². The molecule has 1 saturated heterocycles. The molecule has 1 aromatic carbocycles. The Kier molecular flexibility index (Phi) is 3.94. The van der Waals surface area contributed by atoms with Crippen molar-refractivity contribution in [3.63, 3.8) is 0 Å². The van der Waals surface area contributed by atoms with Gasteiger partial charge < -0.3 is 15.2 Å². The molecule has 136 valence electrons. The number of carbonyl (C=O) groups is 1. The van der Waals surface area contributed by atoms with Crippen LogP contribution in [0.2, 0.25) is 0 Å². The van der Waals surface area contributed by atoms with Gasteiger partial charge in [-0.05, 0) is 36.1 Å². The van der Waals surface area contributed by atoms with Gasteiger partial charge in [0.05, 0.1) is 10.6 Å². The predicted molar refractivity (Wildman–Crippen MR) is 108 cm³/mol. The third-order valence-electron chi connectivity index (χ3n) is 5.04. The van der Waals surface area contributed by atoms with Crippen molar-refractivity contribution in [2.75, 3.05) is 18.0 Å². The van der Waals surface area contributed by atoms with Crippen LogP contribution in [0.15, 0.2) is 54.0 Å². The number of nitrogens with one attached hydrogen (secondary N) is 3. The molecule has 1 fully saturated rings. The normalized spacial score (nSPS) is 16.9. The summed E-state index contributed by atoms with van der Waals surface area (Å²) in [4.78, 5) is 19.3. The highest BCUT2D eigenvalue weighted by Crippen LogP contribution is 2.27. The van der Waals surface area contributed by atoms with Gasteiger partial charge in [-0.1, -0.05) is 12.1 Å². The van der Waals surface area contributed by atoms with E-state index in [4.69, 9.17) is 0 Å². The predicted octanol–water partition coefficient (Wildman–Crippen LogP) is 3.63. The van der Waals surface area contributed by atoms with Crippen LogP contribution in [0.25, 0.3) is 21.5 Å². The van der Waals surface area contributed by atoms with Crippen LogP contribution in [0.4, 0.5) is 5.82 Å². The zero-order chi connectivity index (χ0) is 18.2. The van der Waals surface area contributed by atoms with E-state index in [0.717, 1.165) is 41.9 Å². The van der Waals surface area contributed by atoms with Crippen LogP contribution in [0.3, 0.4) is 0 Å². The third kappa shape index (κ3) is 3.00. The first-order chi connectivity index (χ1) is 13.3. The molecule has 0 saturated carbocycles. The van der Waals surface area contributed by atoms with Crippen molar-refractivity contribution in [1.29, 1.82) is 0 Å². The summed E-state index contributed by atoms with van der Waals surface area (Å²) >= 11 is 1.69. The van der Waals surface area contributed by atoms with Gasteiger partial charge in [0, 0.05) is 47.9 Å². The summed E-state index contributed by atoms with van der Waals surface area (Å²) in [5.41, 5.74) is 2.73. The minimum atomic E-state index is -0.0200. The van der Waals surface area contributed by atoms with Gasteiger partial charge in [0.1, 0.15) is 0 Å². The Hall–Kier alpha value is -3.06. The summed E-state index contributed by atoms with van der Waals surface area (Å²) in [6.07, 6.45) is 2.78. The molecule has 1 aliphatic rings. The molecule has 3 N–H and O–H groups in total. The molecule has 1 aliphatic heterocycles. The fourth-order valence-corrected chi connectivity index (χ4v) is 4.36. The molecule has 1 unspecified atom stereocenters. The lowest BCUT2D eigenvalue weighted by atomic mass is 10.1. The standard InChI is InChI=1S/C20H19N5OS/c26-20(15-3-1-4-16-14(15)6-8-21-16)22-13-7-9-25(12-13)19-11-17(23-24-19)18-5-2-10-27-18/h1-6,8,10-11,13,21H,7,9,12H2,(H,22,26)(H,23,24). The Morgan fingerprint density at radius 1 is 1.26 bits per heavy atom. The van der Waals surface area contributed by atoms with Crippen LogP contribution in [-0.4, -0.2) is 40.2 Å². The first kappa shape index (κ1) is 16.1. The second-order valence-corrected chi connectivity index (χ2v) is 7.71. The molecule has 7 heteroatoms. The van der Waals surface area contributed by atoms with Crippen LogP contribution in [-0.2, 0) is 0 Å². The summed E-state index contributed by atoms with van der Waals surface area (Å²) in [6.45, 7) is 1.65. The highest BCUT2D eigenvalue weighted by atomic mass is 32.1. The summed E-state index contributed by atoms with van der Waals surface area (Å²) in [5.74, 6) is 0.913. The second kappa shape index (κ2) is 6.59. The van der Waals surface area contributed by atoms with Crippen LogP contribution >= 0.6 is 11.3 Å². The van der Waals surface area contributed by atoms with E-state index in [1.54, 1.807) is 11.3 Å². The Bertz CT molecular complexity index is 1080. The van der Waals surface area contributed by atoms with E-state index in [0.29, 0.717) is 5.56 Å². The van der Waals surface area contributed by atoms with E-state index in [9.17, 15) is 4.79 Å². The van der Waals surface area contributed by atoms with Gasteiger partial charge >= 0.3 is 0 Å². The number of benzene rings is 1. The van der Waals surface area contributed by atoms with Gasteiger partial charge in [-0.15, -0.1) is 11.3 Å². The second-order valence-electron chi connectivity index (χ2n) is 6.77. The molecule has 5 rings (SSSR count). The molecule has 27 heavy (non-hydrogen) atoms. The number of H-pyrrole nitrogens is 2. The number of thiophene rings is 1. The molecule has 4 heterocycles. The smallest absolute Gasteiger partial charge is 0.252 e. The molecule has 0 bridgehead atoms. The number of rotatable bonds is 4. The summed E-state index contributed by atoms with van der Waals surface area (Å²) < 4.78 is 0. The largest absolute Gasteiger partial charge is 0.361 e. The zero-order valence-electron chi connectivity index (χ0n) is 14.6. The van der Waals surface area contributed by atoms with Crippen LogP contribution < -0.4 is 10.2 Å². The summed E-state index contributed by atoms with van der Waals surface area (Å²) in [6, 6.07) is 14.0. The number of hydrogen-bond acceptors (Lipinski definition) is 4. The number of aromatic nitrogens is 3. The number of amides is 1. The lowest BCUT2D eigenvalue weighted by Gasteiger charge is -2.16. The molecule has 1 atom stereocenters. The first-order valence-corrected chi connectivity index (χ1v) is 9.87. The van der Waals surface area contributed by atoms with Gasteiger partial charge in [0.2, 0.25) is 0 Å². The first-order valence-electron chi connectivity index (χ1n) is 8.99. The van der Waals surface area contributed by atoms with E-state index < -0.39 is 0 Å². The lowest BCUT2D eigenvalue weighted by molar-refractivity contribution is 0.0942. The van der Waals surface area contributed by atoms with Gasteiger partial charge in [-0.25, -0.2) is 0 Å². The minimum Gasteiger partial charge on any atom is -0.361 e. The molecular formula is C20H19N5OS. The van der Waals surface area contributed by atoms with Crippen molar-refractivity contribution < 1.29 is 4.79 Å². The highest BCUT2D eigenvalue weighted by Gasteiger charge is 2.26. The number of nitrogens with zero attached hydrogens (tertiary/aromatic N) is 2. The molecule has 0 radical (unpaired) electrons. The number of aromatic amines is 2. The SMILES string of the molecule is O=C(NC1CCN(c2cc(-c3cccs3)[nH]n2)C1)c1cccc2[nH]ccc12. The Labute approximate surface area is 160 Å². The topological polar surface area (TPSA) is 76.8 Å². The van der Waals surface area contributed by atoms with Crippen molar-refractivity contribution in [1.82, 2.24) is 20.5 Å². The molecule has 1 amide bonds. The number of fused-ring (bicyclic) bond motifs is 1. The van der Waals surface area contributed by atoms with E-state index in [1.807, 2.05) is 36.5 Å².